The summed E-state index contributed by atoms with van der Waals surface area (Å²) in [6.45, 7) is 40.8. The Bertz CT molecular complexity index is 4960. The van der Waals surface area contributed by atoms with Gasteiger partial charge in [-0.25, -0.2) is 29.1 Å². The van der Waals surface area contributed by atoms with Gasteiger partial charge in [0.2, 0.25) is 0 Å². The highest BCUT2D eigenvalue weighted by molar-refractivity contribution is 14.1. The van der Waals surface area contributed by atoms with E-state index in [1.807, 2.05) is 131 Å². The number of benzene rings is 4. The molecule has 2 unspecified atom stereocenters. The van der Waals surface area contributed by atoms with Gasteiger partial charge in [-0.15, -0.1) is 22.7 Å². The molecule has 32 heteroatoms. The number of aromatic nitrogens is 2. The van der Waals surface area contributed by atoms with Crippen LogP contribution in [0.5, 0.6) is 11.5 Å². The third kappa shape index (κ3) is 24.4. The van der Waals surface area contributed by atoms with Crippen LogP contribution in [0.25, 0.3) is 0 Å². The number of hydrogen-bond acceptors (Lipinski definition) is 25. The van der Waals surface area contributed by atoms with Crippen molar-refractivity contribution in [2.45, 2.75) is 285 Å². The molecule has 2 amide bonds. The zero-order valence-electron chi connectivity index (χ0n) is 78.8. The standard InChI is InChI=1S/C48H65BN4O9S.C47H63BN4O9S.CH3I.HI/c1-45(2,3)59-42(55)39-32(27-53(10)21-15-16-22-53)20-19-31(41(39)57-11)23-34(49-61-38-25-33-24-37(47(33,7)8)48(38,9)62-49)26-36(54)40(52-58-28-30-17-13-12-14-18-30)35-29-63-43(50-35)51-44(56)60-46(4,5)6;1-44(2,3)58-41(54)38-31(26-52-20-14-15-21-52)19-18-30(40(38)56-10)22-33(48-60-37-24-32-23-36(46(32,7)8)47(37,9)61-48)25-35(53)39(51-57-27-29-16-12-11-13-17-29)34-28-62-42(49-34)50-43(55)59-45(4,5)6;1-2;/h12-14,17-20,29,33-34,37-38H,15-16,21-28H2,1-11H3;11-13,16-19,28,32-33,36-37H,14-15,20-27H2,1-10H3,(H,49,50,55);1H3;1H/b52-40-;51-39-;;/t33-,34+,37-,38?,48-;32-,33+,36-,37?,47-;;/m00../s1. The van der Waals surface area contributed by atoms with Crippen LogP contribution in [0.15, 0.2) is 106 Å². The van der Waals surface area contributed by atoms with Gasteiger partial charge < -0.3 is 85.2 Å². The third-order valence-corrected chi connectivity index (χ3v) is 27.8. The maximum absolute atomic E-state index is 14.9. The molecule has 696 valence electrons. The monoisotopic (exact) mass is 2020 g/mol. The minimum absolute atomic E-state index is 0. The van der Waals surface area contributed by atoms with Gasteiger partial charge in [-0.05, 0) is 229 Å². The fourth-order valence-corrected chi connectivity index (χ4v) is 21.3. The smallest absolute Gasteiger partial charge is 0.461 e. The minimum Gasteiger partial charge on any atom is -1.00 e. The topological polar surface area (TPSA) is 291 Å². The van der Waals surface area contributed by atoms with Gasteiger partial charge in [0, 0.05) is 60.2 Å². The van der Waals surface area contributed by atoms with Crippen LogP contribution in [-0.2, 0) is 96.0 Å². The van der Waals surface area contributed by atoms with Crippen molar-refractivity contribution < 1.29 is 114 Å². The Morgan fingerprint density at radius 3 is 1.29 bits per heavy atom. The van der Waals surface area contributed by atoms with Gasteiger partial charge >= 0.3 is 38.4 Å². The van der Waals surface area contributed by atoms with Crippen LogP contribution >= 0.6 is 45.3 Å². The lowest BCUT2D eigenvalue weighted by Gasteiger charge is -2.64. The van der Waals surface area contributed by atoms with Crippen molar-refractivity contribution in [3.05, 3.63) is 152 Å². The molecule has 16 rings (SSSR count). The van der Waals surface area contributed by atoms with E-state index in [4.69, 9.17) is 56.7 Å². The highest BCUT2D eigenvalue weighted by atomic mass is 127. The summed E-state index contributed by atoms with van der Waals surface area (Å²) in [7, 11) is 3.87. The molecule has 26 nitrogen and oxygen atoms in total. The SMILES string of the molecule is CI.COc1c(C[C@H](CC(=O)/C(=N\OCc2ccccc2)c2csc(NC(=O)OC(C)(C)C)n2)B2OC3C[C@@H]4C[C@@H](C4(C)C)[C@]3(C)O2)ccc(CN2CCCC2)c1C(=O)OC(C)(C)C.COc1c(C[C@H](CC(=O)/C(=N\OCc2ccccc2)c2csc(NC(=O)OC(C)(C)C)n2)B2OC3C[C@@H]4C[C@@H](C4(C)C)[C@]3(C)O2)ccc(C[N+]2(C)CCCC2)c1C(=O)OC(C)(C)C.[I-]. The number of esters is 2. The van der Waals surface area contributed by atoms with Gasteiger partial charge in [0.1, 0.15) is 76.2 Å². The Labute approximate surface area is 796 Å². The fraction of sp³-hybridized carbons (Fsp3) is 0.604. The largest absolute Gasteiger partial charge is 1.00 e. The van der Waals surface area contributed by atoms with E-state index < -0.39 is 83.6 Å². The van der Waals surface area contributed by atoms with Gasteiger partial charge in [-0.3, -0.25) is 25.1 Å². The molecule has 2 N–H and O–H groups in total. The van der Waals surface area contributed by atoms with Crippen molar-refractivity contribution in [3.63, 3.8) is 0 Å². The summed E-state index contributed by atoms with van der Waals surface area (Å²) in [6, 6.07) is 27.1. The average molecular weight is 2030 g/mol. The zero-order valence-corrected chi connectivity index (χ0v) is 84.7. The predicted molar refractivity (Wildman–Crippen MR) is 503 cm³/mol. The first-order valence-electron chi connectivity index (χ1n) is 44.7. The van der Waals surface area contributed by atoms with E-state index in [2.05, 4.69) is 107 Å². The first-order valence-corrected chi connectivity index (χ1v) is 48.6. The van der Waals surface area contributed by atoms with Gasteiger partial charge in [0.05, 0.1) is 57.8 Å². The Morgan fingerprint density at radius 1 is 0.539 bits per heavy atom. The van der Waals surface area contributed by atoms with Crippen molar-refractivity contribution >= 4 is 117 Å². The number of methoxy groups -OCH3 is 2. The first kappa shape index (κ1) is 101. The van der Waals surface area contributed by atoms with E-state index in [-0.39, 0.29) is 131 Å². The van der Waals surface area contributed by atoms with Crippen LogP contribution < -0.4 is 44.1 Å². The number of alkyl halides is 1. The molecule has 6 saturated carbocycles. The van der Waals surface area contributed by atoms with Crippen molar-refractivity contribution in [3.8, 4) is 11.5 Å². The molecule has 10 fully saturated rings. The number of likely N-dealkylation sites (tertiary alicyclic amines) is 2. The van der Waals surface area contributed by atoms with Crippen molar-refractivity contribution in [1.29, 1.82) is 0 Å². The van der Waals surface area contributed by atoms with Crippen LogP contribution in [0.2, 0.25) is 11.6 Å². The van der Waals surface area contributed by atoms with E-state index in [1.165, 1.54) is 0 Å². The van der Waals surface area contributed by atoms with E-state index >= 15 is 0 Å². The molecule has 10 aliphatic rings. The molecule has 128 heavy (non-hydrogen) atoms. The summed E-state index contributed by atoms with van der Waals surface area (Å²) in [5.74, 6) is -0.229. The number of rotatable bonds is 30. The number of halogens is 2. The number of anilines is 2. The Balaban J connectivity index is 0.000000241. The van der Waals surface area contributed by atoms with Crippen LogP contribution in [0.4, 0.5) is 19.9 Å². The number of ketones is 2. The second-order valence-corrected chi connectivity index (χ2v) is 42.8. The summed E-state index contributed by atoms with van der Waals surface area (Å²) in [5.41, 5.74) is 2.39. The second kappa shape index (κ2) is 41.6. The summed E-state index contributed by atoms with van der Waals surface area (Å²) in [6.07, 6.45) is 7.22. The van der Waals surface area contributed by atoms with E-state index in [1.54, 1.807) is 66.5 Å². The number of thiazole rings is 2. The maximum Gasteiger partial charge on any atom is 0.461 e. The quantitative estimate of drug-likeness (QED) is 0.00619. The highest BCUT2D eigenvalue weighted by Crippen LogP contribution is 2.68. The lowest BCUT2D eigenvalue weighted by molar-refractivity contribution is -0.910. The molecule has 10 atom stereocenters. The Morgan fingerprint density at radius 2 is 0.914 bits per heavy atom. The summed E-state index contributed by atoms with van der Waals surface area (Å²) in [4.78, 5) is 109. The number of ether oxygens (including phenoxy) is 6. The normalized spacial score (nSPS) is 23.5. The minimum atomic E-state index is -0.756. The molecule has 6 heterocycles. The number of amides is 2. The van der Waals surface area contributed by atoms with Crippen molar-refractivity contribution in [1.82, 2.24) is 14.9 Å². The fourth-order valence-electron chi connectivity index (χ4n) is 19.9. The van der Waals surface area contributed by atoms with E-state index in [0.717, 1.165) is 138 Å². The highest BCUT2D eigenvalue weighted by Gasteiger charge is 2.70. The number of carbonyl (C=O) groups is 6. The van der Waals surface area contributed by atoms with Crippen LogP contribution in [0.1, 0.15) is 254 Å². The molecule has 6 aliphatic carbocycles. The lowest BCUT2D eigenvalue weighted by atomic mass is 9.43. The molecule has 4 aliphatic heterocycles. The zero-order chi connectivity index (χ0) is 92.2. The van der Waals surface area contributed by atoms with Gasteiger partial charge in [0.15, 0.2) is 33.3 Å². The second-order valence-electron chi connectivity index (χ2n) is 41.1. The number of carbonyl (C=O) groups excluding carboxylic acids is 6. The van der Waals surface area contributed by atoms with Crippen LogP contribution in [-0.4, -0.2) is 179 Å². The summed E-state index contributed by atoms with van der Waals surface area (Å²) in [5, 5.41) is 18.0. The first-order chi connectivity index (χ1) is 59.8. The molecule has 4 aromatic carbocycles. The number of quaternary nitrogens is 1. The third-order valence-electron chi connectivity index (χ3n) is 26.3. The number of Topliss-reactive ketones (excluding diaryl/α,β-unsaturated/α-hetero) is 2. The molecule has 4 saturated heterocycles. The van der Waals surface area contributed by atoms with Gasteiger partial charge in [-0.1, -0.05) is 146 Å². The molecule has 0 spiro atoms. The molecule has 0 radical (unpaired) electrons. The summed E-state index contributed by atoms with van der Waals surface area (Å²) < 4.78 is 64.0. The molecular formula is C96H132B2I2N8O18S2. The average Bonchev–Trinajstić information content (AvgIpc) is 1.47. The number of hydrogen-bond donors (Lipinski definition) is 2. The van der Waals surface area contributed by atoms with Gasteiger partial charge in [0.25, 0.3) is 0 Å². The summed E-state index contributed by atoms with van der Waals surface area (Å²) >= 11 is 4.44. The maximum atomic E-state index is 14.9. The van der Waals surface area contributed by atoms with Crippen molar-refractivity contribution in [2.24, 2.45) is 44.8 Å². The Hall–Kier alpha value is -7.15. The van der Waals surface area contributed by atoms with Crippen LogP contribution in [0, 0.1) is 34.5 Å². The predicted octanol–water partition coefficient (Wildman–Crippen LogP) is 16.7. The lowest BCUT2D eigenvalue weighted by Crippen LogP contribution is -3.00. The number of nitrogens with one attached hydrogen (secondary N) is 2. The van der Waals surface area contributed by atoms with Crippen LogP contribution in [0.3, 0.4) is 0 Å². The van der Waals surface area contributed by atoms with E-state index in [9.17, 15) is 28.8 Å². The van der Waals surface area contributed by atoms with E-state index in [0.29, 0.717) is 59.4 Å². The molecule has 6 aromatic rings. The molecule has 2 aromatic heterocycles. The number of oxime groups is 2. The van der Waals surface area contributed by atoms with Crippen molar-refractivity contribution in [2.75, 3.05) is 63.0 Å². The van der Waals surface area contributed by atoms with Gasteiger partial charge in [-0.2, -0.15) is 0 Å². The molecule has 4 bridgehead atoms. The molecular weight excluding hydrogens is 1890 g/mol. The number of nitrogens with zero attached hydrogens (tertiary/aromatic N) is 6. The Kier molecular flexibility index (Phi) is 32.9.